The van der Waals surface area contributed by atoms with Crippen molar-refractivity contribution in [2.75, 3.05) is 44.2 Å². The van der Waals surface area contributed by atoms with Crippen LogP contribution in [0.1, 0.15) is 43.7 Å². The zero-order valence-electron chi connectivity index (χ0n) is 24.7. The van der Waals surface area contributed by atoms with Crippen molar-refractivity contribution in [3.63, 3.8) is 0 Å². The Morgan fingerprint density at radius 1 is 1.09 bits per heavy atom. The summed E-state index contributed by atoms with van der Waals surface area (Å²) in [5.74, 6) is -0.339. The highest BCUT2D eigenvalue weighted by Gasteiger charge is 2.50. The van der Waals surface area contributed by atoms with E-state index in [2.05, 4.69) is 37.0 Å². The van der Waals surface area contributed by atoms with Crippen LogP contribution < -0.4 is 15.0 Å². The van der Waals surface area contributed by atoms with E-state index >= 15 is 13.2 Å². The number of piperazine rings is 1. The number of nitrogens with one attached hydrogen (secondary N) is 1. The molecule has 248 valence electrons. The number of pyridine rings is 2. The number of anilines is 1. The lowest BCUT2D eigenvalue weighted by Crippen LogP contribution is -2.50. The highest BCUT2D eigenvalue weighted by molar-refractivity contribution is 6.32. The van der Waals surface area contributed by atoms with E-state index in [0.717, 1.165) is 25.1 Å². The van der Waals surface area contributed by atoms with E-state index in [9.17, 15) is 17.6 Å². The minimum Gasteiger partial charge on any atom is -0.461 e. The Balaban J connectivity index is 1.57. The van der Waals surface area contributed by atoms with Crippen molar-refractivity contribution in [1.29, 1.82) is 0 Å². The molecule has 0 aliphatic carbocycles. The Morgan fingerprint density at radius 2 is 1.85 bits per heavy atom. The molecule has 9 nitrogen and oxygen atoms in total. The fourth-order valence-electron chi connectivity index (χ4n) is 6.77. The monoisotopic (exact) mass is 674 g/mol. The molecule has 3 saturated heterocycles. The van der Waals surface area contributed by atoms with Gasteiger partial charge < -0.3 is 15.0 Å². The van der Waals surface area contributed by atoms with Crippen molar-refractivity contribution in [3.05, 3.63) is 28.4 Å². The zero-order chi connectivity index (χ0) is 33.0. The van der Waals surface area contributed by atoms with Crippen LogP contribution >= 0.6 is 11.6 Å². The van der Waals surface area contributed by atoms with Crippen LogP contribution in [0.4, 0.5) is 42.4 Å². The Morgan fingerprint density at radius 3 is 2.54 bits per heavy atom. The Hall–Kier alpha value is -3.37. The maximum atomic E-state index is 15.1. The van der Waals surface area contributed by atoms with Gasteiger partial charge in [-0.05, 0) is 32.5 Å². The number of rotatable bonds is 7. The molecule has 3 aliphatic rings. The van der Waals surface area contributed by atoms with Gasteiger partial charge in [0.2, 0.25) is 0 Å². The van der Waals surface area contributed by atoms with Gasteiger partial charge in [-0.3, -0.25) is 9.88 Å². The van der Waals surface area contributed by atoms with E-state index in [0.29, 0.717) is 32.6 Å². The molecule has 3 aromatic rings. The van der Waals surface area contributed by atoms with Gasteiger partial charge in [-0.1, -0.05) is 18.5 Å². The van der Waals surface area contributed by atoms with Crippen LogP contribution in [0.25, 0.3) is 22.3 Å². The summed E-state index contributed by atoms with van der Waals surface area (Å²) in [5, 5.41) is 2.27. The van der Waals surface area contributed by atoms with Crippen molar-refractivity contribution >= 4 is 40.9 Å². The van der Waals surface area contributed by atoms with Crippen molar-refractivity contribution < 1.29 is 35.5 Å². The summed E-state index contributed by atoms with van der Waals surface area (Å²) in [6, 6.07) is 0.342. The van der Waals surface area contributed by atoms with Gasteiger partial charge in [0.25, 0.3) is 0 Å². The van der Waals surface area contributed by atoms with Crippen LogP contribution in [-0.4, -0.2) is 88.6 Å². The summed E-state index contributed by atoms with van der Waals surface area (Å²) in [6.07, 6.45) is -8.16. The van der Waals surface area contributed by atoms with Gasteiger partial charge in [0, 0.05) is 50.9 Å². The predicted octanol–water partition coefficient (Wildman–Crippen LogP) is 6.25. The summed E-state index contributed by atoms with van der Waals surface area (Å²) < 4.78 is 108. The molecule has 0 amide bonds. The number of ether oxygens (including phenoxy) is 1. The molecule has 17 heteroatoms. The van der Waals surface area contributed by atoms with E-state index < -0.39 is 68.9 Å². The van der Waals surface area contributed by atoms with Crippen LogP contribution in [0.3, 0.4) is 0 Å². The van der Waals surface area contributed by atoms with Gasteiger partial charge in [0.15, 0.2) is 5.82 Å². The van der Waals surface area contributed by atoms with E-state index in [1.165, 1.54) is 0 Å². The van der Waals surface area contributed by atoms with Crippen molar-refractivity contribution in [2.45, 2.75) is 62.7 Å². The number of hydrogen-bond donors (Lipinski definition) is 1. The topological polar surface area (TPSA) is 91.7 Å². The Bertz CT molecular complexity index is 1650. The lowest BCUT2D eigenvalue weighted by atomic mass is 9.95. The second kappa shape index (κ2) is 12.0. The molecular formula is C29H30ClF7N8O. The SMILES string of the molecule is C=Nc1cc(Cl)c(C(F)(F)F)c(-c2ncc3c(N4CCNC(CC)C4)nc(OC[C@@]45CCCN4C[C@H](F)C5)nc3c2C(F)(F)F)n1. The number of halogens is 8. The summed E-state index contributed by atoms with van der Waals surface area (Å²) >= 11 is 5.92. The fourth-order valence-corrected chi connectivity index (χ4v) is 7.06. The van der Waals surface area contributed by atoms with E-state index in [1.807, 2.05) is 11.8 Å². The van der Waals surface area contributed by atoms with Crippen LogP contribution in [0.15, 0.2) is 17.3 Å². The molecule has 0 bridgehead atoms. The van der Waals surface area contributed by atoms with Crippen LogP contribution in [0, 0.1) is 0 Å². The molecule has 0 aromatic carbocycles. The maximum absolute atomic E-state index is 15.1. The number of alkyl halides is 7. The van der Waals surface area contributed by atoms with Gasteiger partial charge in [-0.15, -0.1) is 0 Å². The smallest absolute Gasteiger partial charge is 0.420 e. The molecular weight excluding hydrogens is 645 g/mol. The second-order valence-corrected chi connectivity index (χ2v) is 12.2. The summed E-state index contributed by atoms with van der Waals surface area (Å²) in [5.41, 5.74) is -6.87. The summed E-state index contributed by atoms with van der Waals surface area (Å²) in [6.45, 7) is 7.26. The number of aliphatic imine (C=N–C) groups is 1. The average molecular weight is 675 g/mol. The van der Waals surface area contributed by atoms with Crippen LogP contribution in [-0.2, 0) is 12.4 Å². The van der Waals surface area contributed by atoms with Crippen molar-refractivity contribution in [2.24, 2.45) is 4.99 Å². The third-order valence-electron chi connectivity index (χ3n) is 8.89. The molecule has 3 aromatic heterocycles. The third kappa shape index (κ3) is 5.94. The zero-order valence-corrected chi connectivity index (χ0v) is 25.4. The largest absolute Gasteiger partial charge is 0.461 e. The minimum absolute atomic E-state index is 0.00167. The standard InChI is InChI=1S/C29H30ClF7N8O/c1-3-16-13-44(8-6-39-16)25-17-11-40-23(24-20(28(32,33)34)18(30)9-19(38-2)41-24)21(29(35,36)37)22(17)42-26(43-25)46-14-27-5-4-7-45(27)12-15(31)10-27/h9,11,15-16,39H,2-8,10,12-14H2,1H3/t15-,16?,27+/m1/s1. The molecule has 0 spiro atoms. The van der Waals surface area contributed by atoms with Crippen molar-refractivity contribution in [3.8, 4) is 17.4 Å². The number of aromatic nitrogens is 4. The molecule has 6 rings (SSSR count). The molecule has 1 N–H and O–H groups in total. The average Bonchev–Trinajstić information content (AvgIpc) is 3.53. The second-order valence-electron chi connectivity index (χ2n) is 11.8. The van der Waals surface area contributed by atoms with E-state index in [-0.39, 0.29) is 36.8 Å². The third-order valence-corrected chi connectivity index (χ3v) is 9.19. The Labute approximate surface area is 264 Å². The first-order valence-corrected chi connectivity index (χ1v) is 15.1. The summed E-state index contributed by atoms with van der Waals surface area (Å²) in [7, 11) is 0. The molecule has 3 atom stereocenters. The number of fused-ring (bicyclic) bond motifs is 2. The van der Waals surface area contributed by atoms with Crippen LogP contribution in [0.2, 0.25) is 5.02 Å². The quantitative estimate of drug-likeness (QED) is 0.232. The first-order chi connectivity index (χ1) is 21.7. The highest BCUT2D eigenvalue weighted by Crippen LogP contribution is 2.47. The fraction of sp³-hybridized carbons (Fsp3) is 0.552. The van der Waals surface area contributed by atoms with Gasteiger partial charge in [-0.25, -0.2) is 14.4 Å². The molecule has 1 unspecified atom stereocenters. The van der Waals surface area contributed by atoms with E-state index in [4.69, 9.17) is 16.3 Å². The molecule has 46 heavy (non-hydrogen) atoms. The maximum Gasteiger partial charge on any atom is 0.420 e. The van der Waals surface area contributed by atoms with Gasteiger partial charge >= 0.3 is 18.4 Å². The van der Waals surface area contributed by atoms with Gasteiger partial charge in [0.1, 0.15) is 41.1 Å². The molecule has 3 aliphatic heterocycles. The minimum atomic E-state index is -5.26. The number of nitrogens with zero attached hydrogens (tertiary/aromatic N) is 7. The highest BCUT2D eigenvalue weighted by atomic mass is 35.5. The van der Waals surface area contributed by atoms with Crippen LogP contribution in [0.5, 0.6) is 6.01 Å². The van der Waals surface area contributed by atoms with Gasteiger partial charge in [0.05, 0.1) is 21.5 Å². The molecule has 0 saturated carbocycles. The molecule has 3 fully saturated rings. The molecule has 0 radical (unpaired) electrons. The first kappa shape index (κ1) is 32.6. The lowest BCUT2D eigenvalue weighted by molar-refractivity contribution is -0.139. The predicted molar refractivity (Wildman–Crippen MR) is 158 cm³/mol. The van der Waals surface area contributed by atoms with Crippen molar-refractivity contribution in [1.82, 2.24) is 30.2 Å². The van der Waals surface area contributed by atoms with Gasteiger partial charge in [-0.2, -0.15) is 36.3 Å². The number of hydrogen-bond acceptors (Lipinski definition) is 9. The Kier molecular flexibility index (Phi) is 8.51. The molecule has 6 heterocycles. The van der Waals surface area contributed by atoms with E-state index in [1.54, 1.807) is 4.90 Å². The summed E-state index contributed by atoms with van der Waals surface area (Å²) in [4.78, 5) is 23.5. The first-order valence-electron chi connectivity index (χ1n) is 14.8. The normalized spacial score (nSPS) is 24.1. The lowest BCUT2D eigenvalue weighted by Gasteiger charge is -2.35.